The molecule has 1 amide bonds. The van der Waals surface area contributed by atoms with Crippen molar-refractivity contribution in [3.8, 4) is 5.75 Å². The SMILES string of the molecule is COc1ccc(Cl)cc1CNC(=O)CS(=O)C1CCCCC1. The van der Waals surface area contributed by atoms with E-state index in [2.05, 4.69) is 5.32 Å². The summed E-state index contributed by atoms with van der Waals surface area (Å²) in [5.74, 6) is 0.567. The fourth-order valence-corrected chi connectivity index (χ4v) is 4.36. The van der Waals surface area contributed by atoms with E-state index in [1.54, 1.807) is 25.3 Å². The van der Waals surface area contributed by atoms with Crippen LogP contribution in [0, 0.1) is 0 Å². The average molecular weight is 344 g/mol. The summed E-state index contributed by atoms with van der Waals surface area (Å²) < 4.78 is 17.4. The molecule has 1 aliphatic rings. The van der Waals surface area contributed by atoms with E-state index in [0.29, 0.717) is 17.3 Å². The van der Waals surface area contributed by atoms with Crippen LogP contribution in [0.1, 0.15) is 37.7 Å². The monoisotopic (exact) mass is 343 g/mol. The van der Waals surface area contributed by atoms with Gasteiger partial charge in [0.15, 0.2) is 0 Å². The molecule has 2 rings (SSSR count). The zero-order valence-electron chi connectivity index (χ0n) is 12.8. The van der Waals surface area contributed by atoms with Gasteiger partial charge < -0.3 is 10.1 Å². The second-order valence-electron chi connectivity index (χ2n) is 5.52. The topological polar surface area (TPSA) is 55.4 Å². The summed E-state index contributed by atoms with van der Waals surface area (Å²) in [6, 6.07) is 5.27. The lowest BCUT2D eigenvalue weighted by Gasteiger charge is -2.20. The van der Waals surface area contributed by atoms with Gasteiger partial charge in [-0.05, 0) is 31.0 Å². The van der Waals surface area contributed by atoms with E-state index < -0.39 is 10.8 Å². The first-order valence-corrected chi connectivity index (χ1v) is 9.32. The van der Waals surface area contributed by atoms with E-state index in [4.69, 9.17) is 16.3 Å². The number of carbonyl (C=O) groups excluding carboxylic acids is 1. The number of methoxy groups -OCH3 is 1. The van der Waals surface area contributed by atoms with Gasteiger partial charge in [0, 0.05) is 33.2 Å². The van der Waals surface area contributed by atoms with Gasteiger partial charge in [-0.25, -0.2) is 0 Å². The van der Waals surface area contributed by atoms with Crippen LogP contribution in [0.5, 0.6) is 5.75 Å². The fraction of sp³-hybridized carbons (Fsp3) is 0.562. The Bertz CT molecular complexity index is 544. The van der Waals surface area contributed by atoms with Crippen LogP contribution in [0.25, 0.3) is 0 Å². The highest BCUT2D eigenvalue weighted by Crippen LogP contribution is 2.23. The van der Waals surface area contributed by atoms with E-state index in [1.807, 2.05) is 0 Å². The van der Waals surface area contributed by atoms with Crippen molar-refractivity contribution in [2.24, 2.45) is 0 Å². The molecule has 1 unspecified atom stereocenters. The van der Waals surface area contributed by atoms with Crippen LogP contribution in [0.2, 0.25) is 5.02 Å². The zero-order valence-corrected chi connectivity index (χ0v) is 14.3. The molecule has 22 heavy (non-hydrogen) atoms. The number of rotatable bonds is 6. The minimum Gasteiger partial charge on any atom is -0.496 e. The van der Waals surface area contributed by atoms with Gasteiger partial charge in [-0.2, -0.15) is 0 Å². The first-order chi connectivity index (χ1) is 10.6. The molecule has 1 aromatic rings. The third kappa shape index (κ3) is 4.99. The number of ether oxygens (including phenoxy) is 1. The first kappa shape index (κ1) is 17.3. The Morgan fingerprint density at radius 1 is 1.36 bits per heavy atom. The van der Waals surface area contributed by atoms with E-state index in [0.717, 1.165) is 31.2 Å². The third-order valence-corrected chi connectivity index (χ3v) is 5.91. The molecule has 1 saturated carbocycles. The summed E-state index contributed by atoms with van der Waals surface area (Å²) in [5, 5.41) is 3.57. The van der Waals surface area contributed by atoms with Crippen molar-refractivity contribution in [1.29, 1.82) is 0 Å². The highest BCUT2D eigenvalue weighted by atomic mass is 35.5. The van der Waals surface area contributed by atoms with E-state index in [9.17, 15) is 9.00 Å². The lowest BCUT2D eigenvalue weighted by atomic mass is 10.0. The maximum Gasteiger partial charge on any atom is 0.232 e. The molecule has 1 aromatic carbocycles. The molecule has 1 N–H and O–H groups in total. The number of benzene rings is 1. The minimum atomic E-state index is -1.08. The molecule has 0 heterocycles. The van der Waals surface area contributed by atoms with Crippen molar-refractivity contribution in [3.63, 3.8) is 0 Å². The van der Waals surface area contributed by atoms with Crippen LogP contribution >= 0.6 is 11.6 Å². The second kappa shape index (κ2) is 8.53. The zero-order chi connectivity index (χ0) is 15.9. The molecule has 0 saturated heterocycles. The highest BCUT2D eigenvalue weighted by molar-refractivity contribution is 7.86. The number of nitrogens with one attached hydrogen (secondary N) is 1. The van der Waals surface area contributed by atoms with Gasteiger partial charge in [-0.3, -0.25) is 9.00 Å². The largest absolute Gasteiger partial charge is 0.496 e. The van der Waals surface area contributed by atoms with Crippen LogP contribution in [0.3, 0.4) is 0 Å². The van der Waals surface area contributed by atoms with Gasteiger partial charge in [0.05, 0.1) is 7.11 Å². The molecule has 0 radical (unpaired) electrons. The fourth-order valence-electron chi connectivity index (χ4n) is 2.71. The Morgan fingerprint density at radius 2 is 2.09 bits per heavy atom. The molecular formula is C16H22ClNO3S. The Kier molecular flexibility index (Phi) is 6.70. The molecule has 6 heteroatoms. The van der Waals surface area contributed by atoms with Crippen molar-refractivity contribution in [2.45, 2.75) is 43.9 Å². The summed E-state index contributed by atoms with van der Waals surface area (Å²) >= 11 is 5.96. The highest BCUT2D eigenvalue weighted by Gasteiger charge is 2.21. The molecule has 4 nitrogen and oxygen atoms in total. The summed E-state index contributed by atoms with van der Waals surface area (Å²) in [5.41, 5.74) is 0.812. The summed E-state index contributed by atoms with van der Waals surface area (Å²) in [7, 11) is 0.501. The normalized spacial score (nSPS) is 17.0. The number of hydrogen-bond donors (Lipinski definition) is 1. The lowest BCUT2D eigenvalue weighted by Crippen LogP contribution is -2.32. The summed E-state index contributed by atoms with van der Waals surface area (Å²) in [6.07, 6.45) is 5.41. The number of carbonyl (C=O) groups is 1. The molecule has 0 aromatic heterocycles. The average Bonchev–Trinajstić information content (AvgIpc) is 2.54. The Balaban J connectivity index is 1.84. The molecule has 1 atom stereocenters. The maximum absolute atomic E-state index is 12.2. The number of halogens is 1. The molecule has 0 spiro atoms. The Labute approximate surface area is 139 Å². The Hall–Kier alpha value is -1.07. The van der Waals surface area contributed by atoms with Crippen LogP contribution < -0.4 is 10.1 Å². The molecule has 1 aliphatic carbocycles. The Morgan fingerprint density at radius 3 is 2.77 bits per heavy atom. The van der Waals surface area contributed by atoms with Gasteiger partial charge in [0.1, 0.15) is 11.5 Å². The second-order valence-corrected chi connectivity index (χ2v) is 7.67. The van der Waals surface area contributed by atoms with Crippen molar-refractivity contribution in [1.82, 2.24) is 5.32 Å². The van der Waals surface area contributed by atoms with Crippen molar-refractivity contribution in [3.05, 3.63) is 28.8 Å². The molecule has 1 fully saturated rings. The van der Waals surface area contributed by atoms with Gasteiger partial charge in [0.2, 0.25) is 5.91 Å². The van der Waals surface area contributed by atoms with Crippen LogP contribution in [0.4, 0.5) is 0 Å². The standard InChI is InChI=1S/C16H22ClNO3S/c1-21-15-8-7-13(17)9-12(15)10-18-16(19)11-22(20)14-5-3-2-4-6-14/h7-9,14H,2-6,10-11H2,1H3,(H,18,19). The molecule has 0 bridgehead atoms. The predicted octanol–water partition coefficient (Wildman–Crippen LogP) is 3.05. The predicted molar refractivity (Wildman–Crippen MR) is 89.7 cm³/mol. The van der Waals surface area contributed by atoms with E-state index >= 15 is 0 Å². The van der Waals surface area contributed by atoms with Gasteiger partial charge in [-0.15, -0.1) is 0 Å². The van der Waals surface area contributed by atoms with Gasteiger partial charge in [0.25, 0.3) is 0 Å². The minimum absolute atomic E-state index is 0.0769. The van der Waals surface area contributed by atoms with Gasteiger partial charge >= 0.3 is 0 Å². The molecular weight excluding hydrogens is 322 g/mol. The number of amides is 1. The van der Waals surface area contributed by atoms with E-state index in [1.165, 1.54) is 6.42 Å². The van der Waals surface area contributed by atoms with E-state index in [-0.39, 0.29) is 16.9 Å². The maximum atomic E-state index is 12.2. The van der Waals surface area contributed by atoms with Crippen molar-refractivity contribution < 1.29 is 13.7 Å². The third-order valence-electron chi connectivity index (χ3n) is 3.92. The molecule has 122 valence electrons. The summed E-state index contributed by atoms with van der Waals surface area (Å²) in [6.45, 7) is 0.324. The van der Waals surface area contributed by atoms with Crippen molar-refractivity contribution >= 4 is 28.3 Å². The van der Waals surface area contributed by atoms with Crippen molar-refractivity contribution in [2.75, 3.05) is 12.9 Å². The van der Waals surface area contributed by atoms with Crippen LogP contribution in [-0.2, 0) is 22.1 Å². The van der Waals surface area contributed by atoms with Crippen LogP contribution in [-0.4, -0.2) is 28.2 Å². The smallest absolute Gasteiger partial charge is 0.232 e. The summed E-state index contributed by atoms with van der Waals surface area (Å²) in [4.78, 5) is 12.0. The van der Waals surface area contributed by atoms with Crippen LogP contribution in [0.15, 0.2) is 18.2 Å². The molecule has 0 aliphatic heterocycles. The first-order valence-electron chi connectivity index (χ1n) is 7.56. The van der Waals surface area contributed by atoms with Gasteiger partial charge in [-0.1, -0.05) is 30.9 Å². The lowest BCUT2D eigenvalue weighted by molar-refractivity contribution is -0.118. The quantitative estimate of drug-likeness (QED) is 0.863. The number of hydrogen-bond acceptors (Lipinski definition) is 3.